The molecule has 2 rings (SSSR count). The van der Waals surface area contributed by atoms with Crippen LogP contribution in [-0.4, -0.2) is 15.5 Å². The Labute approximate surface area is 78.8 Å². The normalized spacial score (nSPS) is 19.1. The first-order valence-corrected chi connectivity index (χ1v) is 4.65. The molecular weight excluding hydrogens is 186 g/mol. The van der Waals surface area contributed by atoms with Gasteiger partial charge in [-0.3, -0.25) is 4.79 Å². The van der Waals surface area contributed by atoms with Crippen LogP contribution in [0.3, 0.4) is 0 Å². The van der Waals surface area contributed by atoms with Crippen LogP contribution in [0, 0.1) is 0 Å². The van der Waals surface area contributed by atoms with Gasteiger partial charge in [-0.1, -0.05) is 18.2 Å². The summed E-state index contributed by atoms with van der Waals surface area (Å²) >= 11 is 0.330. The number of anilines is 1. The highest BCUT2D eigenvalue weighted by Gasteiger charge is 2.27. The number of nitrogens with one attached hydrogen (secondary N) is 1. The fourth-order valence-electron chi connectivity index (χ4n) is 1.42. The zero-order chi connectivity index (χ0) is 9.26. The van der Waals surface area contributed by atoms with Gasteiger partial charge in [0.1, 0.15) is 0 Å². The van der Waals surface area contributed by atoms with Crippen LogP contribution < -0.4 is 5.32 Å². The molecule has 1 aromatic carbocycles. The molecule has 0 saturated heterocycles. The Balaban J connectivity index is 2.52. The number of carbonyl (C=O) groups excluding carboxylic acids is 1. The molecular formula is C9H7NO2S. The molecule has 66 valence electrons. The summed E-state index contributed by atoms with van der Waals surface area (Å²) in [6.45, 7) is 0. The van der Waals surface area contributed by atoms with E-state index in [2.05, 4.69) is 5.32 Å². The molecule has 0 fully saturated rings. The third kappa shape index (κ3) is 1.29. The minimum absolute atomic E-state index is 0.121. The van der Waals surface area contributed by atoms with Gasteiger partial charge >= 0.3 is 0 Å². The molecule has 0 spiro atoms. The highest BCUT2D eigenvalue weighted by molar-refractivity contribution is 7.65. The molecule has 0 radical (unpaired) electrons. The van der Waals surface area contributed by atoms with Crippen molar-refractivity contribution >= 4 is 28.2 Å². The van der Waals surface area contributed by atoms with E-state index in [-0.39, 0.29) is 5.91 Å². The van der Waals surface area contributed by atoms with Crippen LogP contribution in [0.15, 0.2) is 24.3 Å². The summed E-state index contributed by atoms with van der Waals surface area (Å²) in [5.74, 6) is -0.511. The van der Waals surface area contributed by atoms with E-state index in [4.69, 9.17) is 0 Å². The molecule has 1 aromatic rings. The largest absolute Gasteiger partial charge is 0.325 e. The summed E-state index contributed by atoms with van der Waals surface area (Å²) in [6, 6.07) is 7.39. The van der Waals surface area contributed by atoms with Crippen LogP contribution in [0.4, 0.5) is 5.69 Å². The third-order valence-corrected chi connectivity index (χ3v) is 2.41. The zero-order valence-electron chi connectivity index (χ0n) is 6.69. The van der Waals surface area contributed by atoms with Crippen LogP contribution in [0.1, 0.15) is 11.5 Å². The van der Waals surface area contributed by atoms with Crippen molar-refractivity contribution in [2.24, 2.45) is 0 Å². The lowest BCUT2D eigenvalue weighted by atomic mass is 10.0. The topological polar surface area (TPSA) is 46.2 Å². The van der Waals surface area contributed by atoms with E-state index in [1.807, 2.05) is 24.3 Å². The van der Waals surface area contributed by atoms with Crippen LogP contribution in [0.2, 0.25) is 0 Å². The van der Waals surface area contributed by atoms with Gasteiger partial charge in [-0.2, -0.15) is 0 Å². The lowest BCUT2D eigenvalue weighted by molar-refractivity contribution is -0.115. The van der Waals surface area contributed by atoms with Gasteiger partial charge in [0, 0.05) is 11.1 Å². The Morgan fingerprint density at radius 3 is 2.92 bits per heavy atom. The smallest absolute Gasteiger partial charge is 0.236 e. The zero-order valence-corrected chi connectivity index (χ0v) is 7.51. The number of benzene rings is 1. The Hall–Kier alpha value is -1.42. The highest BCUT2D eigenvalue weighted by atomic mass is 32.1. The van der Waals surface area contributed by atoms with Gasteiger partial charge in [0.05, 0.1) is 17.2 Å². The number of hydrogen-bond donors (Lipinski definition) is 1. The molecule has 1 N–H and O–H groups in total. The maximum absolute atomic E-state index is 11.3. The first kappa shape index (κ1) is 8.19. The van der Waals surface area contributed by atoms with Crippen molar-refractivity contribution in [3.05, 3.63) is 29.8 Å². The Morgan fingerprint density at radius 2 is 2.15 bits per heavy atom. The molecule has 1 atom stereocenters. The Kier molecular flexibility index (Phi) is 1.98. The van der Waals surface area contributed by atoms with Crippen LogP contribution >= 0.6 is 0 Å². The molecule has 0 aromatic heterocycles. The second-order valence-corrected chi connectivity index (χ2v) is 3.25. The van der Waals surface area contributed by atoms with Crippen molar-refractivity contribution < 1.29 is 9.00 Å². The summed E-state index contributed by atoms with van der Waals surface area (Å²) in [6.07, 6.45) is 0. The molecule has 13 heavy (non-hydrogen) atoms. The van der Waals surface area contributed by atoms with E-state index in [0.717, 1.165) is 11.3 Å². The van der Waals surface area contributed by atoms with Gasteiger partial charge in [-0.15, -0.1) is 0 Å². The highest BCUT2D eigenvalue weighted by Crippen LogP contribution is 2.30. The molecule has 4 heteroatoms. The number of hydrogen-bond acceptors (Lipinski definition) is 2. The molecule has 0 aliphatic carbocycles. The van der Waals surface area contributed by atoms with Crippen molar-refractivity contribution in [1.82, 2.24) is 0 Å². The number of para-hydroxylation sites is 1. The molecule has 1 aliphatic rings. The predicted molar refractivity (Wildman–Crippen MR) is 52.0 cm³/mol. The second kappa shape index (κ2) is 3.14. The monoisotopic (exact) mass is 193 g/mol. The van der Waals surface area contributed by atoms with Gasteiger partial charge in [0.2, 0.25) is 5.91 Å². The number of amides is 1. The summed E-state index contributed by atoms with van der Waals surface area (Å²) in [5.41, 5.74) is 1.69. The van der Waals surface area contributed by atoms with Crippen molar-refractivity contribution in [1.29, 1.82) is 0 Å². The molecule has 0 saturated carbocycles. The summed E-state index contributed by atoms with van der Waals surface area (Å²) in [4.78, 5) is 11.3. The van der Waals surface area contributed by atoms with Gasteiger partial charge in [-0.05, 0) is 11.6 Å². The van der Waals surface area contributed by atoms with Crippen molar-refractivity contribution in [3.63, 3.8) is 0 Å². The fourth-order valence-corrected chi connectivity index (χ4v) is 1.81. The Morgan fingerprint density at radius 1 is 1.38 bits per heavy atom. The number of rotatable bonds is 1. The SMILES string of the molecule is O=S=CC1C(=O)Nc2ccccc21. The van der Waals surface area contributed by atoms with Crippen molar-refractivity contribution in [3.8, 4) is 0 Å². The van der Waals surface area contributed by atoms with Crippen LogP contribution in [0.5, 0.6) is 0 Å². The molecule has 1 heterocycles. The third-order valence-electron chi connectivity index (χ3n) is 2.03. The van der Waals surface area contributed by atoms with E-state index in [0.29, 0.717) is 11.3 Å². The quantitative estimate of drug-likeness (QED) is 0.668. The first-order chi connectivity index (χ1) is 6.33. The summed E-state index contributed by atoms with van der Waals surface area (Å²) in [5, 5.41) is 4.11. The van der Waals surface area contributed by atoms with Crippen molar-refractivity contribution in [2.45, 2.75) is 5.92 Å². The standard InChI is InChI=1S/C9H7NO2S/c11-9-7(5-13-12)6-3-1-2-4-8(6)10-9/h1-5,7H,(H,10,11). The molecule has 0 bridgehead atoms. The lowest BCUT2D eigenvalue weighted by Gasteiger charge is -1.97. The second-order valence-electron chi connectivity index (χ2n) is 2.79. The van der Waals surface area contributed by atoms with E-state index in [9.17, 15) is 9.00 Å². The van der Waals surface area contributed by atoms with E-state index >= 15 is 0 Å². The number of carbonyl (C=O) groups is 1. The minimum Gasteiger partial charge on any atom is -0.325 e. The maximum Gasteiger partial charge on any atom is 0.236 e. The average molecular weight is 193 g/mol. The van der Waals surface area contributed by atoms with Gasteiger partial charge < -0.3 is 5.32 Å². The number of fused-ring (bicyclic) bond motifs is 1. The molecule has 1 aliphatic heterocycles. The molecule has 1 unspecified atom stereocenters. The van der Waals surface area contributed by atoms with Crippen molar-refractivity contribution in [2.75, 3.05) is 5.32 Å². The van der Waals surface area contributed by atoms with E-state index < -0.39 is 5.92 Å². The maximum atomic E-state index is 11.3. The molecule has 3 nitrogen and oxygen atoms in total. The van der Waals surface area contributed by atoms with Crippen LogP contribution in [-0.2, 0) is 16.1 Å². The van der Waals surface area contributed by atoms with Crippen LogP contribution in [0.25, 0.3) is 0 Å². The summed E-state index contributed by atoms with van der Waals surface area (Å²) < 4.78 is 10.3. The van der Waals surface area contributed by atoms with E-state index in [1.165, 1.54) is 5.37 Å². The average Bonchev–Trinajstić information content (AvgIpc) is 2.44. The fraction of sp³-hybridized carbons (Fsp3) is 0.111. The van der Waals surface area contributed by atoms with Gasteiger partial charge in [-0.25, -0.2) is 4.21 Å². The van der Waals surface area contributed by atoms with Gasteiger partial charge in [0.15, 0.2) is 0 Å². The predicted octanol–water partition coefficient (Wildman–Crippen LogP) is 0.737. The summed E-state index contributed by atoms with van der Waals surface area (Å²) in [7, 11) is 0. The van der Waals surface area contributed by atoms with Gasteiger partial charge in [0.25, 0.3) is 0 Å². The van der Waals surface area contributed by atoms with E-state index in [1.54, 1.807) is 0 Å². The minimum atomic E-state index is -0.390. The molecule has 1 amide bonds. The Bertz CT molecular complexity index is 410. The lowest BCUT2D eigenvalue weighted by Crippen LogP contribution is -2.12. The first-order valence-electron chi connectivity index (χ1n) is 3.84.